The molecule has 1 aromatic heterocycles. The number of hydrogen-bond acceptors (Lipinski definition) is 5. The van der Waals surface area contributed by atoms with Crippen molar-refractivity contribution >= 4 is 11.7 Å². The standard InChI is InChI=1S/C7H9N3O2/c1-12-7(11)4-10-6-2-8-5-9-3-6/h2-3,5,10H,4H2,1H3. The van der Waals surface area contributed by atoms with Crippen molar-refractivity contribution in [3.8, 4) is 0 Å². The van der Waals surface area contributed by atoms with Crippen LogP contribution < -0.4 is 5.32 Å². The van der Waals surface area contributed by atoms with Crippen molar-refractivity contribution in [2.75, 3.05) is 19.0 Å². The molecule has 0 bridgehead atoms. The second kappa shape index (κ2) is 4.27. The molecule has 64 valence electrons. The average molecular weight is 167 g/mol. The molecule has 0 radical (unpaired) electrons. The summed E-state index contributed by atoms with van der Waals surface area (Å²) in [6.07, 6.45) is 4.58. The van der Waals surface area contributed by atoms with Crippen LogP contribution in [0.15, 0.2) is 18.7 Å². The lowest BCUT2D eigenvalue weighted by Crippen LogP contribution is -2.15. The molecule has 0 aliphatic heterocycles. The van der Waals surface area contributed by atoms with Crippen LogP contribution in [0.5, 0.6) is 0 Å². The molecule has 1 aromatic rings. The van der Waals surface area contributed by atoms with Crippen LogP contribution in [-0.2, 0) is 9.53 Å². The Bertz CT molecular complexity index is 250. The highest BCUT2D eigenvalue weighted by Gasteiger charge is 1.98. The molecule has 0 saturated carbocycles. The van der Waals surface area contributed by atoms with Gasteiger partial charge in [0.2, 0.25) is 0 Å². The van der Waals surface area contributed by atoms with Crippen LogP contribution in [-0.4, -0.2) is 29.6 Å². The molecule has 0 fully saturated rings. The number of methoxy groups -OCH3 is 1. The van der Waals surface area contributed by atoms with E-state index in [1.165, 1.54) is 13.4 Å². The molecule has 0 aliphatic rings. The fourth-order valence-corrected chi connectivity index (χ4v) is 0.637. The lowest BCUT2D eigenvalue weighted by Gasteiger charge is -2.02. The molecule has 1 heterocycles. The Morgan fingerprint density at radius 1 is 1.58 bits per heavy atom. The maximum Gasteiger partial charge on any atom is 0.325 e. The van der Waals surface area contributed by atoms with Crippen molar-refractivity contribution in [3.63, 3.8) is 0 Å². The van der Waals surface area contributed by atoms with E-state index in [9.17, 15) is 4.79 Å². The molecule has 0 atom stereocenters. The molecule has 0 aromatic carbocycles. The Balaban J connectivity index is 2.38. The van der Waals surface area contributed by atoms with Gasteiger partial charge in [-0.25, -0.2) is 9.97 Å². The molecule has 0 spiro atoms. The number of nitrogens with one attached hydrogen (secondary N) is 1. The third-order valence-corrected chi connectivity index (χ3v) is 1.23. The first-order valence-electron chi connectivity index (χ1n) is 3.38. The molecular formula is C7H9N3O2. The molecule has 0 aliphatic carbocycles. The minimum absolute atomic E-state index is 0.129. The third-order valence-electron chi connectivity index (χ3n) is 1.23. The van der Waals surface area contributed by atoms with Crippen LogP contribution in [0.4, 0.5) is 5.69 Å². The second-order valence-corrected chi connectivity index (χ2v) is 2.06. The number of hydrogen-bond donors (Lipinski definition) is 1. The predicted octanol–water partition coefficient (Wildman–Crippen LogP) is 0.0615. The van der Waals surface area contributed by atoms with Gasteiger partial charge in [0.05, 0.1) is 25.2 Å². The second-order valence-electron chi connectivity index (χ2n) is 2.06. The molecule has 0 amide bonds. The summed E-state index contributed by atoms with van der Waals surface area (Å²) in [6.45, 7) is 0.129. The number of ether oxygens (including phenoxy) is 1. The zero-order chi connectivity index (χ0) is 8.81. The summed E-state index contributed by atoms with van der Waals surface area (Å²) in [6, 6.07) is 0. The van der Waals surface area contributed by atoms with E-state index < -0.39 is 0 Å². The number of carbonyl (C=O) groups excluding carboxylic acids is 1. The zero-order valence-electron chi connectivity index (χ0n) is 6.65. The first kappa shape index (κ1) is 8.45. The molecule has 0 saturated heterocycles. The molecule has 5 nitrogen and oxygen atoms in total. The van der Waals surface area contributed by atoms with Crippen LogP contribution in [0.3, 0.4) is 0 Å². The van der Waals surface area contributed by atoms with Crippen molar-refractivity contribution in [2.45, 2.75) is 0 Å². The van der Waals surface area contributed by atoms with Crippen molar-refractivity contribution in [1.82, 2.24) is 9.97 Å². The van der Waals surface area contributed by atoms with Crippen LogP contribution in [0, 0.1) is 0 Å². The molecule has 12 heavy (non-hydrogen) atoms. The Morgan fingerprint density at radius 3 is 2.83 bits per heavy atom. The van der Waals surface area contributed by atoms with Gasteiger partial charge in [-0.1, -0.05) is 0 Å². The van der Waals surface area contributed by atoms with E-state index >= 15 is 0 Å². The van der Waals surface area contributed by atoms with Gasteiger partial charge in [0.1, 0.15) is 12.9 Å². The maximum absolute atomic E-state index is 10.7. The minimum atomic E-state index is -0.321. The third kappa shape index (κ3) is 2.53. The number of anilines is 1. The summed E-state index contributed by atoms with van der Waals surface area (Å²) in [4.78, 5) is 18.2. The Kier molecular flexibility index (Phi) is 3.01. The summed E-state index contributed by atoms with van der Waals surface area (Å²) < 4.78 is 4.43. The quantitative estimate of drug-likeness (QED) is 0.645. The van der Waals surface area contributed by atoms with Crippen molar-refractivity contribution in [3.05, 3.63) is 18.7 Å². The number of carbonyl (C=O) groups is 1. The van der Waals surface area contributed by atoms with E-state index in [-0.39, 0.29) is 12.5 Å². The first-order chi connectivity index (χ1) is 5.83. The number of aromatic nitrogens is 2. The highest BCUT2D eigenvalue weighted by molar-refractivity contribution is 5.74. The summed E-state index contributed by atoms with van der Waals surface area (Å²) in [5.74, 6) is -0.321. The fourth-order valence-electron chi connectivity index (χ4n) is 0.637. The van der Waals surface area contributed by atoms with Gasteiger partial charge in [0, 0.05) is 0 Å². The normalized spacial score (nSPS) is 9.08. The smallest absolute Gasteiger partial charge is 0.325 e. The van der Waals surface area contributed by atoms with Gasteiger partial charge in [0.25, 0.3) is 0 Å². The maximum atomic E-state index is 10.7. The minimum Gasteiger partial charge on any atom is -0.468 e. The predicted molar refractivity (Wildman–Crippen MR) is 42.5 cm³/mol. The Morgan fingerprint density at radius 2 is 2.25 bits per heavy atom. The molecule has 1 N–H and O–H groups in total. The monoisotopic (exact) mass is 167 g/mol. The van der Waals surface area contributed by atoms with Crippen molar-refractivity contribution in [1.29, 1.82) is 0 Å². The van der Waals surface area contributed by atoms with Gasteiger partial charge < -0.3 is 10.1 Å². The average Bonchev–Trinajstić information content (AvgIpc) is 2.16. The lowest BCUT2D eigenvalue weighted by molar-refractivity contribution is -0.138. The number of esters is 1. The summed E-state index contributed by atoms with van der Waals surface area (Å²) >= 11 is 0. The van der Waals surface area contributed by atoms with E-state index in [0.717, 1.165) is 0 Å². The van der Waals surface area contributed by atoms with Crippen LogP contribution in [0.25, 0.3) is 0 Å². The van der Waals surface area contributed by atoms with Crippen LogP contribution in [0.2, 0.25) is 0 Å². The Labute approximate surface area is 69.8 Å². The fraction of sp³-hybridized carbons (Fsp3) is 0.286. The highest BCUT2D eigenvalue weighted by Crippen LogP contribution is 1.98. The SMILES string of the molecule is COC(=O)CNc1cncnc1. The van der Waals surface area contributed by atoms with Crippen LogP contribution in [0.1, 0.15) is 0 Å². The van der Waals surface area contributed by atoms with Gasteiger partial charge in [0.15, 0.2) is 0 Å². The largest absolute Gasteiger partial charge is 0.468 e. The van der Waals surface area contributed by atoms with Gasteiger partial charge >= 0.3 is 5.97 Å². The van der Waals surface area contributed by atoms with E-state index in [2.05, 4.69) is 20.0 Å². The van der Waals surface area contributed by atoms with Crippen molar-refractivity contribution < 1.29 is 9.53 Å². The first-order valence-corrected chi connectivity index (χ1v) is 3.38. The highest BCUT2D eigenvalue weighted by atomic mass is 16.5. The van der Waals surface area contributed by atoms with E-state index in [4.69, 9.17) is 0 Å². The molecular weight excluding hydrogens is 158 g/mol. The zero-order valence-corrected chi connectivity index (χ0v) is 6.65. The van der Waals surface area contributed by atoms with Gasteiger partial charge in [-0.3, -0.25) is 4.79 Å². The molecule has 0 unspecified atom stereocenters. The summed E-state index contributed by atoms with van der Waals surface area (Å²) in [5.41, 5.74) is 0.697. The van der Waals surface area contributed by atoms with Crippen molar-refractivity contribution in [2.24, 2.45) is 0 Å². The van der Waals surface area contributed by atoms with E-state index in [1.807, 2.05) is 0 Å². The summed E-state index contributed by atoms with van der Waals surface area (Å²) in [7, 11) is 1.34. The van der Waals surface area contributed by atoms with Gasteiger partial charge in [-0.05, 0) is 0 Å². The number of rotatable bonds is 3. The van der Waals surface area contributed by atoms with Crippen LogP contribution >= 0.6 is 0 Å². The molecule has 1 rings (SSSR count). The molecule has 5 heteroatoms. The topological polar surface area (TPSA) is 64.1 Å². The van der Waals surface area contributed by atoms with Gasteiger partial charge in [-0.2, -0.15) is 0 Å². The van der Waals surface area contributed by atoms with E-state index in [1.54, 1.807) is 12.4 Å². The lowest BCUT2D eigenvalue weighted by atomic mass is 10.5. The summed E-state index contributed by atoms with van der Waals surface area (Å²) in [5, 5.41) is 2.80. The number of nitrogens with zero attached hydrogens (tertiary/aromatic N) is 2. The van der Waals surface area contributed by atoms with E-state index in [0.29, 0.717) is 5.69 Å². The van der Waals surface area contributed by atoms with Gasteiger partial charge in [-0.15, -0.1) is 0 Å². The Hall–Kier alpha value is -1.65.